The number of hydrogen-bond acceptors (Lipinski definition) is 11. The molecule has 274 valence electrons. The van der Waals surface area contributed by atoms with E-state index >= 15 is 0 Å². The van der Waals surface area contributed by atoms with Gasteiger partial charge in [-0.1, -0.05) is 12.1 Å². The van der Waals surface area contributed by atoms with Crippen molar-refractivity contribution in [3.8, 4) is 28.7 Å². The normalized spacial score (nSPS) is 19.9. The number of nitriles is 1. The van der Waals surface area contributed by atoms with Crippen molar-refractivity contribution in [1.29, 1.82) is 5.26 Å². The molecule has 0 radical (unpaired) electrons. The van der Waals surface area contributed by atoms with Gasteiger partial charge < -0.3 is 52.2 Å². The Labute approximate surface area is 300 Å². The molecule has 1 aliphatic heterocycles. The quantitative estimate of drug-likeness (QED) is 0.105. The summed E-state index contributed by atoms with van der Waals surface area (Å²) < 4.78 is 12.0. The first-order valence-electron chi connectivity index (χ1n) is 16.5. The van der Waals surface area contributed by atoms with Crippen molar-refractivity contribution in [3.05, 3.63) is 47.5 Å². The molecule has 1 saturated carbocycles. The first-order valence-corrected chi connectivity index (χ1v) is 16.9. The van der Waals surface area contributed by atoms with Crippen molar-refractivity contribution in [2.45, 2.75) is 56.4 Å². The highest BCUT2D eigenvalue weighted by atomic mass is 35.5. The van der Waals surface area contributed by atoms with Gasteiger partial charge in [-0.3, -0.25) is 24.0 Å². The number of hydrogen-bond donors (Lipinski definition) is 7. The third-order valence-corrected chi connectivity index (χ3v) is 8.62. The molecular formula is C34H43ClN8O8. The number of amides is 5. The number of nitrogens with two attached hydrogens (primary N) is 2. The maximum atomic E-state index is 14.1. The number of benzene rings is 2. The number of nitrogens with one attached hydrogen (secondary N) is 4. The lowest BCUT2D eigenvalue weighted by Gasteiger charge is -2.32. The number of carbonyl (C=O) groups excluding carboxylic acids is 5. The maximum Gasteiger partial charge on any atom is 0.314 e. The number of aliphatic hydroxyl groups is 1. The van der Waals surface area contributed by atoms with Crippen LogP contribution in [0.5, 0.6) is 11.5 Å². The highest BCUT2D eigenvalue weighted by Gasteiger charge is 2.37. The van der Waals surface area contributed by atoms with E-state index < -0.39 is 65.8 Å². The van der Waals surface area contributed by atoms with Gasteiger partial charge in [0, 0.05) is 37.7 Å². The molecule has 0 spiro atoms. The fourth-order valence-electron chi connectivity index (χ4n) is 5.72. The first-order chi connectivity index (χ1) is 24.4. The minimum absolute atomic E-state index is 0.0125. The molecule has 4 rings (SSSR count). The zero-order chi connectivity index (χ0) is 37.2. The van der Waals surface area contributed by atoms with E-state index in [4.69, 9.17) is 32.5 Å². The number of carbonyl (C=O) groups is 5. The Morgan fingerprint density at radius 3 is 2.22 bits per heavy atom. The number of fused-ring (bicyclic) bond motifs is 5. The van der Waals surface area contributed by atoms with E-state index in [9.17, 15) is 34.3 Å². The van der Waals surface area contributed by atoms with Crippen LogP contribution in [0.15, 0.2) is 36.4 Å². The summed E-state index contributed by atoms with van der Waals surface area (Å²) >= 11 is 5.44. The molecule has 5 amide bonds. The van der Waals surface area contributed by atoms with E-state index in [-0.39, 0.29) is 44.2 Å². The predicted molar refractivity (Wildman–Crippen MR) is 185 cm³/mol. The molecular weight excluding hydrogens is 684 g/mol. The molecule has 0 aromatic heterocycles. The second kappa shape index (κ2) is 17.8. The lowest BCUT2D eigenvalue weighted by molar-refractivity contribution is -0.142. The monoisotopic (exact) mass is 726 g/mol. The van der Waals surface area contributed by atoms with Gasteiger partial charge in [-0.25, -0.2) is 0 Å². The molecule has 1 fully saturated rings. The van der Waals surface area contributed by atoms with E-state index in [1.807, 2.05) is 0 Å². The zero-order valence-corrected chi connectivity index (χ0v) is 29.1. The molecule has 2 aliphatic rings. The van der Waals surface area contributed by atoms with Gasteiger partial charge in [-0.05, 0) is 72.7 Å². The van der Waals surface area contributed by atoms with E-state index in [0.717, 1.165) is 17.7 Å². The summed E-state index contributed by atoms with van der Waals surface area (Å²) in [6, 6.07) is 6.08. The number of likely N-dealkylation sites (N-methyl/N-ethyl adjacent to an activating group) is 1. The highest BCUT2D eigenvalue weighted by Crippen LogP contribution is 2.40. The summed E-state index contributed by atoms with van der Waals surface area (Å²) in [4.78, 5) is 67.4. The molecule has 4 bridgehead atoms. The molecule has 1 aliphatic carbocycles. The average molecular weight is 727 g/mol. The average Bonchev–Trinajstić information content (AvgIpc) is 3.96. The smallest absolute Gasteiger partial charge is 0.314 e. The van der Waals surface area contributed by atoms with Gasteiger partial charge in [-0.15, -0.1) is 0 Å². The summed E-state index contributed by atoms with van der Waals surface area (Å²) in [5.41, 5.74) is 13.3. The van der Waals surface area contributed by atoms with Gasteiger partial charge in [0.25, 0.3) is 0 Å². The summed E-state index contributed by atoms with van der Waals surface area (Å²) in [6.45, 7) is 1.27. The van der Waals surface area contributed by atoms with Crippen LogP contribution in [0.2, 0.25) is 0 Å². The van der Waals surface area contributed by atoms with Crippen LogP contribution >= 0.6 is 11.6 Å². The van der Waals surface area contributed by atoms with Crippen LogP contribution in [-0.2, 0) is 25.6 Å². The molecule has 1 heterocycles. The fourth-order valence-corrected chi connectivity index (χ4v) is 5.85. The number of nitrogens with zero attached hydrogens (tertiary/aromatic N) is 2. The van der Waals surface area contributed by atoms with Crippen LogP contribution in [0.25, 0.3) is 11.1 Å². The largest absolute Gasteiger partial charge is 0.492 e. The predicted octanol–water partition coefficient (Wildman–Crippen LogP) is -0.199. The number of halogens is 1. The Kier molecular flexibility index (Phi) is 13.6. The second-order valence-electron chi connectivity index (χ2n) is 12.3. The number of ether oxygens (including phenoxy) is 2. The van der Waals surface area contributed by atoms with Gasteiger partial charge in [0.05, 0.1) is 12.7 Å². The third kappa shape index (κ3) is 9.85. The van der Waals surface area contributed by atoms with Crippen LogP contribution in [0.4, 0.5) is 4.79 Å². The summed E-state index contributed by atoms with van der Waals surface area (Å²) in [7, 11) is 1.30. The van der Waals surface area contributed by atoms with Gasteiger partial charge >= 0.3 is 5.37 Å². The molecule has 17 heteroatoms. The topological polar surface area (TPSA) is 251 Å². The Morgan fingerprint density at radius 1 is 1.02 bits per heavy atom. The lowest BCUT2D eigenvalue weighted by atomic mass is 9.93. The van der Waals surface area contributed by atoms with E-state index in [0.29, 0.717) is 28.2 Å². The Morgan fingerprint density at radius 2 is 1.65 bits per heavy atom. The number of aliphatic hydroxyl groups excluding tert-OH is 1. The third-order valence-electron chi connectivity index (χ3n) is 8.51. The molecule has 9 N–H and O–H groups in total. The van der Waals surface area contributed by atoms with Crippen LogP contribution in [0, 0.1) is 17.2 Å². The van der Waals surface area contributed by atoms with Crippen LogP contribution in [-0.4, -0.2) is 103 Å². The van der Waals surface area contributed by atoms with Crippen molar-refractivity contribution in [2.24, 2.45) is 17.4 Å². The second-order valence-corrected chi connectivity index (χ2v) is 12.7. The minimum atomic E-state index is -1.49. The fraction of sp³-hybridized carbons (Fsp3) is 0.471. The van der Waals surface area contributed by atoms with E-state index in [2.05, 4.69) is 27.3 Å². The zero-order valence-electron chi connectivity index (χ0n) is 28.3. The standard InChI is InChI=1S/C34H43ClN8O8/c1-18-30(45)40-24(31(46)41-25(16-38)20-4-5-20)14-19-3-7-27(50-11-9-36)22(13-19)23-15-21(6-8-28(23)51-12-10-37)29(32(47)39-18)43(2)33(48)26(17-44)42-34(35)49/h3,6-8,13,15,18,20,24-26,29,44H,4-5,9-12,14,17,36-37H2,1-2H3,(H,39,47)(H,40,45)(H,41,46)(H,42,49)/t18-,24-,25+,26-,29-/m0/s1. The van der Waals surface area contributed by atoms with E-state index in [1.54, 1.807) is 36.4 Å². The molecule has 51 heavy (non-hydrogen) atoms. The van der Waals surface area contributed by atoms with Crippen molar-refractivity contribution in [2.75, 3.05) is 40.0 Å². The molecule has 16 nitrogen and oxygen atoms in total. The molecule has 2 aromatic rings. The van der Waals surface area contributed by atoms with Crippen LogP contribution in [0.3, 0.4) is 0 Å². The van der Waals surface area contributed by atoms with Crippen LogP contribution in [0.1, 0.15) is 36.9 Å². The Hall–Kier alpha value is -4.95. The van der Waals surface area contributed by atoms with Gasteiger partial charge in [0.2, 0.25) is 23.6 Å². The summed E-state index contributed by atoms with van der Waals surface area (Å²) in [6.07, 6.45) is 1.61. The molecule has 5 atom stereocenters. The Balaban J connectivity index is 1.90. The highest BCUT2D eigenvalue weighted by molar-refractivity contribution is 6.63. The van der Waals surface area contributed by atoms with Crippen molar-refractivity contribution >= 4 is 40.6 Å². The summed E-state index contributed by atoms with van der Waals surface area (Å²) in [5.74, 6) is -2.17. The van der Waals surface area contributed by atoms with Gasteiger partial charge in [0.1, 0.15) is 54.9 Å². The summed E-state index contributed by atoms with van der Waals surface area (Å²) in [5, 5.41) is 28.7. The van der Waals surface area contributed by atoms with Crippen LogP contribution < -0.4 is 42.2 Å². The van der Waals surface area contributed by atoms with Crippen molar-refractivity contribution in [3.63, 3.8) is 0 Å². The molecule has 0 saturated heterocycles. The lowest BCUT2D eigenvalue weighted by Crippen LogP contribution is -2.56. The molecule has 2 aromatic carbocycles. The molecule has 0 unspecified atom stereocenters. The van der Waals surface area contributed by atoms with Crippen molar-refractivity contribution in [1.82, 2.24) is 26.2 Å². The van der Waals surface area contributed by atoms with Crippen molar-refractivity contribution < 1.29 is 38.6 Å². The number of rotatable bonds is 13. The van der Waals surface area contributed by atoms with E-state index in [1.165, 1.54) is 14.0 Å². The van der Waals surface area contributed by atoms with Gasteiger partial charge in [0.15, 0.2) is 0 Å². The Bertz CT molecular complexity index is 1670. The SMILES string of the molecule is C[C@@H]1NC(=O)[C@@H](N(C)C(=O)[C@H](CO)NC(=O)Cl)c2ccc(OCCN)c(c2)-c2cc(ccc2OCCN)C[C@@H](C(=O)N[C@H](C#N)C2CC2)NC1=O. The van der Waals surface area contributed by atoms with Gasteiger partial charge in [-0.2, -0.15) is 5.26 Å². The maximum absolute atomic E-state index is 14.1. The first kappa shape index (κ1) is 38.8. The minimum Gasteiger partial charge on any atom is -0.492 e.